The van der Waals surface area contributed by atoms with Gasteiger partial charge in [0.2, 0.25) is 0 Å². The minimum atomic E-state index is -0.280. The molecule has 0 saturated heterocycles. The van der Waals surface area contributed by atoms with Crippen LogP contribution in [0.1, 0.15) is 5.76 Å². The molecule has 4 heteroatoms. The molecule has 0 spiro atoms. The van der Waals surface area contributed by atoms with Crippen LogP contribution in [-0.4, -0.2) is 6.21 Å². The van der Waals surface area contributed by atoms with Crippen LogP contribution in [0.2, 0.25) is 0 Å². The van der Waals surface area contributed by atoms with E-state index in [1.165, 1.54) is 12.1 Å². The number of rotatable bonds is 3. The molecule has 2 nitrogen and oxygen atoms in total. The van der Waals surface area contributed by atoms with E-state index in [4.69, 9.17) is 4.42 Å². The van der Waals surface area contributed by atoms with Crippen LogP contribution in [0, 0.1) is 9.39 Å². The van der Waals surface area contributed by atoms with Gasteiger partial charge in [-0.1, -0.05) is 12.1 Å². The van der Waals surface area contributed by atoms with Crippen molar-refractivity contribution < 1.29 is 8.81 Å². The topological polar surface area (TPSA) is 25.5 Å². The molecule has 0 atom stereocenters. The molecule has 0 saturated carbocycles. The Bertz CT molecular complexity index is 777. The second-order valence-electron chi connectivity index (χ2n) is 4.45. The largest absolute Gasteiger partial charge is 0.455 e. The summed E-state index contributed by atoms with van der Waals surface area (Å²) in [6.07, 6.45) is 1.66. The van der Waals surface area contributed by atoms with Crippen molar-refractivity contribution in [2.45, 2.75) is 0 Å². The third-order valence-electron chi connectivity index (χ3n) is 2.90. The van der Waals surface area contributed by atoms with Gasteiger partial charge >= 0.3 is 0 Å². The lowest BCUT2D eigenvalue weighted by atomic mass is 10.2. The van der Waals surface area contributed by atoms with Gasteiger partial charge in [0.05, 0.1) is 11.9 Å². The number of benzene rings is 2. The van der Waals surface area contributed by atoms with Gasteiger partial charge in [0.1, 0.15) is 17.3 Å². The first kappa shape index (κ1) is 14.0. The molecule has 21 heavy (non-hydrogen) atoms. The number of aliphatic imine (C=N–C) groups is 1. The SMILES string of the molecule is Fc1cccc(-c2ccc(C=Nc3ccc(I)cc3)o2)c1. The zero-order valence-electron chi connectivity index (χ0n) is 11.0. The zero-order valence-corrected chi connectivity index (χ0v) is 13.1. The highest BCUT2D eigenvalue weighted by atomic mass is 127. The molecule has 104 valence electrons. The number of nitrogens with zero attached hydrogens (tertiary/aromatic N) is 1. The van der Waals surface area contributed by atoms with Crippen molar-refractivity contribution in [2.24, 2.45) is 4.99 Å². The lowest BCUT2D eigenvalue weighted by Gasteiger charge is -1.96. The predicted octanol–water partition coefficient (Wildman–Crippen LogP) is 5.44. The highest BCUT2D eigenvalue weighted by molar-refractivity contribution is 14.1. The van der Waals surface area contributed by atoms with Gasteiger partial charge < -0.3 is 4.42 Å². The number of furan rings is 1. The molecule has 1 aromatic heterocycles. The maximum Gasteiger partial charge on any atom is 0.145 e. The molecule has 0 fully saturated rings. The first-order valence-corrected chi connectivity index (χ1v) is 7.44. The van der Waals surface area contributed by atoms with Crippen molar-refractivity contribution in [1.29, 1.82) is 0 Å². The predicted molar refractivity (Wildman–Crippen MR) is 90.5 cm³/mol. The molecular formula is C17H11FINO. The van der Waals surface area contributed by atoms with Gasteiger partial charge in [-0.05, 0) is 71.1 Å². The molecule has 0 aliphatic rings. The van der Waals surface area contributed by atoms with Crippen molar-refractivity contribution in [3.05, 3.63) is 75.8 Å². The second kappa shape index (κ2) is 6.22. The average Bonchev–Trinajstić information content (AvgIpc) is 2.96. The fraction of sp³-hybridized carbons (Fsp3) is 0. The third kappa shape index (κ3) is 3.58. The van der Waals surface area contributed by atoms with Crippen molar-refractivity contribution in [2.75, 3.05) is 0 Å². The van der Waals surface area contributed by atoms with E-state index in [2.05, 4.69) is 27.6 Å². The molecule has 3 rings (SSSR count). The Labute approximate surface area is 135 Å². The molecule has 1 heterocycles. The summed E-state index contributed by atoms with van der Waals surface area (Å²) in [6, 6.07) is 17.8. The second-order valence-corrected chi connectivity index (χ2v) is 5.69. The van der Waals surface area contributed by atoms with Crippen LogP contribution >= 0.6 is 22.6 Å². The summed E-state index contributed by atoms with van der Waals surface area (Å²) in [5.41, 5.74) is 1.57. The summed E-state index contributed by atoms with van der Waals surface area (Å²) in [6.45, 7) is 0. The van der Waals surface area contributed by atoms with E-state index in [0.717, 1.165) is 9.26 Å². The summed E-state index contributed by atoms with van der Waals surface area (Å²) in [5.74, 6) is 0.976. The molecule has 0 aliphatic carbocycles. The Morgan fingerprint density at radius 2 is 1.81 bits per heavy atom. The standard InChI is InChI=1S/C17H11FINO/c18-13-3-1-2-12(10-13)17-9-8-16(21-17)11-20-15-6-4-14(19)5-7-15/h1-11H. The minimum Gasteiger partial charge on any atom is -0.455 e. The summed E-state index contributed by atoms with van der Waals surface area (Å²) in [7, 11) is 0. The summed E-state index contributed by atoms with van der Waals surface area (Å²) < 4.78 is 20.0. The number of hydrogen-bond acceptors (Lipinski definition) is 2. The molecule has 0 amide bonds. The van der Waals surface area contributed by atoms with Crippen LogP contribution in [-0.2, 0) is 0 Å². The van der Waals surface area contributed by atoms with E-state index in [1.54, 1.807) is 12.3 Å². The summed E-state index contributed by atoms with van der Waals surface area (Å²) in [5, 5.41) is 0. The molecule has 0 bridgehead atoms. The van der Waals surface area contributed by atoms with Gasteiger partial charge in [-0.2, -0.15) is 0 Å². The highest BCUT2D eigenvalue weighted by Gasteiger charge is 2.04. The van der Waals surface area contributed by atoms with E-state index < -0.39 is 0 Å². The molecular weight excluding hydrogens is 380 g/mol. The maximum absolute atomic E-state index is 13.2. The van der Waals surface area contributed by atoms with Crippen molar-refractivity contribution in [3.63, 3.8) is 0 Å². The lowest BCUT2D eigenvalue weighted by molar-refractivity contribution is 0.573. The van der Waals surface area contributed by atoms with Crippen LogP contribution in [0.3, 0.4) is 0 Å². The highest BCUT2D eigenvalue weighted by Crippen LogP contribution is 2.22. The molecule has 0 aliphatic heterocycles. The van der Waals surface area contributed by atoms with Gasteiger partial charge in [0.25, 0.3) is 0 Å². The quantitative estimate of drug-likeness (QED) is 0.431. The van der Waals surface area contributed by atoms with Crippen LogP contribution in [0.5, 0.6) is 0 Å². The van der Waals surface area contributed by atoms with Crippen LogP contribution in [0.25, 0.3) is 11.3 Å². The fourth-order valence-corrected chi connectivity index (χ4v) is 2.24. The molecule has 3 aromatic rings. The summed E-state index contributed by atoms with van der Waals surface area (Å²) >= 11 is 2.25. The Hall–Kier alpha value is -1.95. The number of halogens is 2. The van der Waals surface area contributed by atoms with E-state index in [0.29, 0.717) is 17.1 Å². The van der Waals surface area contributed by atoms with Crippen molar-refractivity contribution in [3.8, 4) is 11.3 Å². The first-order chi connectivity index (χ1) is 10.2. The first-order valence-electron chi connectivity index (χ1n) is 6.36. The van der Waals surface area contributed by atoms with Crippen molar-refractivity contribution >= 4 is 34.5 Å². The van der Waals surface area contributed by atoms with Crippen LogP contribution < -0.4 is 0 Å². The Kier molecular flexibility index (Phi) is 4.15. The summed E-state index contributed by atoms with van der Waals surface area (Å²) in [4.78, 5) is 4.35. The van der Waals surface area contributed by atoms with E-state index in [1.807, 2.05) is 42.5 Å². The minimum absolute atomic E-state index is 0.280. The molecule has 0 radical (unpaired) electrons. The van der Waals surface area contributed by atoms with Gasteiger partial charge in [-0.25, -0.2) is 4.39 Å². The Balaban J connectivity index is 1.80. The van der Waals surface area contributed by atoms with E-state index in [-0.39, 0.29) is 5.82 Å². The smallest absolute Gasteiger partial charge is 0.145 e. The van der Waals surface area contributed by atoms with Gasteiger partial charge in [-0.3, -0.25) is 4.99 Å². The van der Waals surface area contributed by atoms with E-state index >= 15 is 0 Å². The fourth-order valence-electron chi connectivity index (χ4n) is 1.88. The third-order valence-corrected chi connectivity index (χ3v) is 3.62. The zero-order chi connectivity index (χ0) is 14.7. The van der Waals surface area contributed by atoms with Gasteiger partial charge in [0, 0.05) is 9.13 Å². The monoisotopic (exact) mass is 391 g/mol. The lowest BCUT2D eigenvalue weighted by Crippen LogP contribution is -1.77. The Morgan fingerprint density at radius 1 is 1.00 bits per heavy atom. The molecule has 0 unspecified atom stereocenters. The number of hydrogen-bond donors (Lipinski definition) is 0. The molecule has 0 N–H and O–H groups in total. The van der Waals surface area contributed by atoms with Gasteiger partial charge in [-0.15, -0.1) is 0 Å². The maximum atomic E-state index is 13.2. The van der Waals surface area contributed by atoms with Crippen molar-refractivity contribution in [1.82, 2.24) is 0 Å². The normalized spacial score (nSPS) is 11.1. The Morgan fingerprint density at radius 3 is 2.57 bits per heavy atom. The average molecular weight is 391 g/mol. The van der Waals surface area contributed by atoms with Gasteiger partial charge in [0.15, 0.2) is 0 Å². The molecule has 2 aromatic carbocycles. The van der Waals surface area contributed by atoms with Crippen LogP contribution in [0.15, 0.2) is 70.1 Å². The van der Waals surface area contributed by atoms with E-state index in [9.17, 15) is 4.39 Å². The van der Waals surface area contributed by atoms with Crippen LogP contribution in [0.4, 0.5) is 10.1 Å².